The molecule has 1 aromatic carbocycles. The lowest BCUT2D eigenvalue weighted by molar-refractivity contribution is -0.145. The van der Waals surface area contributed by atoms with Crippen LogP contribution in [0.3, 0.4) is 0 Å². The van der Waals surface area contributed by atoms with Crippen molar-refractivity contribution < 1.29 is 14.3 Å². The second-order valence-electron chi connectivity index (χ2n) is 3.51. The number of benzene rings is 1. The van der Waals surface area contributed by atoms with Crippen LogP contribution in [0.15, 0.2) is 30.3 Å². The average molecular weight is 206 g/mol. The quantitative estimate of drug-likeness (QED) is 0.556. The largest absolute Gasteiger partial charge is 0.465 e. The molecule has 1 fully saturated rings. The molecule has 15 heavy (non-hydrogen) atoms. The van der Waals surface area contributed by atoms with Crippen LogP contribution in [0.1, 0.15) is 18.4 Å². The number of hydrogen-bond donors (Lipinski definition) is 0. The molecule has 1 aliphatic heterocycles. The summed E-state index contributed by atoms with van der Waals surface area (Å²) in [7, 11) is 0. The smallest absolute Gasteiger partial charge is 0.316 e. The molecule has 1 aliphatic rings. The highest BCUT2D eigenvalue weighted by atomic mass is 16.6. The molecular weight excluding hydrogens is 192 g/mol. The minimum atomic E-state index is -0.258. The van der Waals surface area contributed by atoms with Gasteiger partial charge in [-0.3, -0.25) is 4.79 Å². The SMILES string of the molecule is CCOC(=O)C(c1ccccc1)C1CO1. The van der Waals surface area contributed by atoms with E-state index < -0.39 is 0 Å². The van der Waals surface area contributed by atoms with Crippen LogP contribution in [0, 0.1) is 0 Å². The Labute approximate surface area is 89.0 Å². The van der Waals surface area contributed by atoms with Crippen LogP contribution >= 0.6 is 0 Å². The zero-order valence-corrected chi connectivity index (χ0v) is 8.68. The van der Waals surface area contributed by atoms with E-state index in [4.69, 9.17) is 9.47 Å². The minimum absolute atomic E-state index is 0.00597. The predicted molar refractivity (Wildman–Crippen MR) is 55.6 cm³/mol. The number of rotatable bonds is 4. The third-order valence-electron chi connectivity index (χ3n) is 2.43. The fourth-order valence-electron chi connectivity index (χ4n) is 1.64. The van der Waals surface area contributed by atoms with E-state index >= 15 is 0 Å². The van der Waals surface area contributed by atoms with Crippen molar-refractivity contribution in [3.63, 3.8) is 0 Å². The maximum atomic E-state index is 11.7. The van der Waals surface area contributed by atoms with E-state index in [0.717, 1.165) is 5.56 Å². The van der Waals surface area contributed by atoms with Crippen molar-refractivity contribution in [2.45, 2.75) is 18.9 Å². The van der Waals surface area contributed by atoms with Crippen molar-refractivity contribution in [2.75, 3.05) is 13.2 Å². The van der Waals surface area contributed by atoms with Crippen LogP contribution in [-0.4, -0.2) is 25.3 Å². The van der Waals surface area contributed by atoms with Crippen molar-refractivity contribution in [2.24, 2.45) is 0 Å². The lowest BCUT2D eigenvalue weighted by Gasteiger charge is -2.13. The fourth-order valence-corrected chi connectivity index (χ4v) is 1.64. The summed E-state index contributed by atoms with van der Waals surface area (Å²) in [5.41, 5.74) is 0.971. The highest BCUT2D eigenvalue weighted by molar-refractivity contribution is 5.79. The minimum Gasteiger partial charge on any atom is -0.465 e. The molecule has 0 N–H and O–H groups in total. The Morgan fingerprint density at radius 1 is 1.53 bits per heavy atom. The Balaban J connectivity index is 2.16. The summed E-state index contributed by atoms with van der Waals surface area (Å²) < 4.78 is 10.2. The van der Waals surface area contributed by atoms with Gasteiger partial charge in [-0.15, -0.1) is 0 Å². The maximum absolute atomic E-state index is 11.7. The molecule has 3 heteroatoms. The van der Waals surface area contributed by atoms with E-state index in [1.165, 1.54) is 0 Å². The van der Waals surface area contributed by atoms with Gasteiger partial charge in [0.2, 0.25) is 0 Å². The topological polar surface area (TPSA) is 38.8 Å². The molecule has 3 nitrogen and oxygen atoms in total. The number of ether oxygens (including phenoxy) is 2. The molecule has 2 atom stereocenters. The Bertz CT molecular complexity index is 330. The Hall–Kier alpha value is -1.35. The van der Waals surface area contributed by atoms with E-state index in [1.54, 1.807) is 0 Å². The normalized spacial score (nSPS) is 20.7. The Morgan fingerprint density at radius 2 is 2.20 bits per heavy atom. The molecule has 0 radical (unpaired) electrons. The van der Waals surface area contributed by atoms with E-state index in [9.17, 15) is 4.79 Å². The first kappa shape index (κ1) is 10.2. The molecule has 0 spiro atoms. The number of hydrogen-bond acceptors (Lipinski definition) is 3. The van der Waals surface area contributed by atoms with Crippen LogP contribution < -0.4 is 0 Å². The van der Waals surface area contributed by atoms with Gasteiger partial charge < -0.3 is 9.47 Å². The zero-order chi connectivity index (χ0) is 10.7. The monoisotopic (exact) mass is 206 g/mol. The standard InChI is InChI=1S/C12H14O3/c1-2-14-12(13)11(10-8-15-10)9-6-4-3-5-7-9/h3-7,10-11H,2,8H2,1H3. The van der Waals surface area contributed by atoms with Crippen molar-refractivity contribution in [1.82, 2.24) is 0 Å². The van der Waals surface area contributed by atoms with E-state index in [2.05, 4.69) is 0 Å². The van der Waals surface area contributed by atoms with Gasteiger partial charge in [0, 0.05) is 0 Å². The molecular formula is C12H14O3. The van der Waals surface area contributed by atoms with Crippen LogP contribution in [0.2, 0.25) is 0 Å². The number of carbonyl (C=O) groups is 1. The molecule has 2 rings (SSSR count). The van der Waals surface area contributed by atoms with Gasteiger partial charge in [0.15, 0.2) is 0 Å². The fraction of sp³-hybridized carbons (Fsp3) is 0.417. The molecule has 1 saturated heterocycles. The summed E-state index contributed by atoms with van der Waals surface area (Å²) in [6.45, 7) is 2.88. The third kappa shape index (κ3) is 2.36. The van der Waals surface area contributed by atoms with Gasteiger partial charge in [-0.25, -0.2) is 0 Å². The second kappa shape index (κ2) is 4.45. The number of carbonyl (C=O) groups excluding carboxylic acids is 1. The van der Waals surface area contributed by atoms with E-state index in [0.29, 0.717) is 13.2 Å². The van der Waals surface area contributed by atoms with Gasteiger partial charge in [0.1, 0.15) is 5.92 Å². The number of epoxide rings is 1. The van der Waals surface area contributed by atoms with Gasteiger partial charge in [0.05, 0.1) is 19.3 Å². The highest BCUT2D eigenvalue weighted by Gasteiger charge is 2.39. The first-order valence-corrected chi connectivity index (χ1v) is 5.16. The first-order valence-electron chi connectivity index (χ1n) is 5.16. The average Bonchev–Trinajstić information content (AvgIpc) is 3.04. The molecule has 1 aromatic rings. The summed E-state index contributed by atoms with van der Waals surface area (Å²) in [4.78, 5) is 11.7. The van der Waals surface area contributed by atoms with Crippen LogP contribution in [0.4, 0.5) is 0 Å². The highest BCUT2D eigenvalue weighted by Crippen LogP contribution is 2.30. The number of esters is 1. The van der Waals surface area contributed by atoms with E-state index in [-0.39, 0.29) is 18.0 Å². The summed E-state index contributed by atoms with van der Waals surface area (Å²) in [5, 5.41) is 0. The summed E-state index contributed by atoms with van der Waals surface area (Å²) in [6.07, 6.45) is 0.00597. The van der Waals surface area contributed by atoms with Crippen molar-refractivity contribution in [3.05, 3.63) is 35.9 Å². The van der Waals surface area contributed by atoms with Gasteiger partial charge in [-0.05, 0) is 12.5 Å². The predicted octanol–water partition coefficient (Wildman–Crippen LogP) is 1.73. The molecule has 2 unspecified atom stereocenters. The maximum Gasteiger partial charge on any atom is 0.316 e. The Kier molecular flexibility index (Phi) is 3.02. The second-order valence-corrected chi connectivity index (χ2v) is 3.51. The summed E-state index contributed by atoms with van der Waals surface area (Å²) >= 11 is 0. The molecule has 0 bridgehead atoms. The van der Waals surface area contributed by atoms with Gasteiger partial charge >= 0.3 is 5.97 Å². The summed E-state index contributed by atoms with van der Waals surface area (Å²) in [5.74, 6) is -0.447. The molecule has 0 aliphatic carbocycles. The van der Waals surface area contributed by atoms with Crippen LogP contribution in [0.25, 0.3) is 0 Å². The van der Waals surface area contributed by atoms with Gasteiger partial charge in [-0.2, -0.15) is 0 Å². The van der Waals surface area contributed by atoms with Crippen LogP contribution in [-0.2, 0) is 14.3 Å². The molecule has 1 heterocycles. The molecule has 0 saturated carbocycles. The molecule has 0 amide bonds. The van der Waals surface area contributed by atoms with Gasteiger partial charge in [0.25, 0.3) is 0 Å². The first-order chi connectivity index (χ1) is 7.33. The van der Waals surface area contributed by atoms with Crippen molar-refractivity contribution in [1.29, 1.82) is 0 Å². The lowest BCUT2D eigenvalue weighted by Crippen LogP contribution is -2.20. The lowest BCUT2D eigenvalue weighted by atomic mass is 9.96. The third-order valence-corrected chi connectivity index (χ3v) is 2.43. The van der Waals surface area contributed by atoms with E-state index in [1.807, 2.05) is 37.3 Å². The molecule has 0 aromatic heterocycles. The van der Waals surface area contributed by atoms with Gasteiger partial charge in [-0.1, -0.05) is 30.3 Å². The molecule has 80 valence electrons. The zero-order valence-electron chi connectivity index (χ0n) is 8.68. The Morgan fingerprint density at radius 3 is 2.73 bits per heavy atom. The van der Waals surface area contributed by atoms with Crippen molar-refractivity contribution in [3.8, 4) is 0 Å². The van der Waals surface area contributed by atoms with Crippen LogP contribution in [0.5, 0.6) is 0 Å². The summed E-state index contributed by atoms with van der Waals surface area (Å²) in [6, 6.07) is 9.64. The van der Waals surface area contributed by atoms with Crippen molar-refractivity contribution >= 4 is 5.97 Å².